The monoisotopic (exact) mass is 382 g/mol. The van der Waals surface area contributed by atoms with Crippen molar-refractivity contribution in [2.45, 2.75) is 57.0 Å². The van der Waals surface area contributed by atoms with Gasteiger partial charge in [-0.2, -0.15) is 4.72 Å². The quantitative estimate of drug-likeness (QED) is 0.755. The molecule has 1 unspecified atom stereocenters. The lowest BCUT2D eigenvalue weighted by Gasteiger charge is -2.33. The highest BCUT2D eigenvalue weighted by Crippen LogP contribution is 2.16. The Morgan fingerprint density at radius 2 is 1.92 bits per heavy atom. The smallest absolute Gasteiger partial charge is 0.324 e. The number of esters is 1. The molecule has 0 saturated carbocycles. The Bertz CT molecular complexity index is 745. The maximum absolute atomic E-state index is 12.3. The van der Waals surface area contributed by atoms with Crippen molar-refractivity contribution in [1.82, 2.24) is 9.62 Å². The summed E-state index contributed by atoms with van der Waals surface area (Å²) >= 11 is 0. The van der Waals surface area contributed by atoms with Crippen LogP contribution in [0, 0.1) is 6.92 Å². The van der Waals surface area contributed by atoms with Gasteiger partial charge in [0.25, 0.3) is 5.91 Å². The van der Waals surface area contributed by atoms with Crippen LogP contribution in [-0.4, -0.2) is 50.4 Å². The van der Waals surface area contributed by atoms with Crippen LogP contribution in [0.4, 0.5) is 0 Å². The molecule has 1 aromatic carbocycles. The van der Waals surface area contributed by atoms with Gasteiger partial charge in [0.15, 0.2) is 6.61 Å². The van der Waals surface area contributed by atoms with Crippen LogP contribution in [-0.2, 0) is 24.3 Å². The summed E-state index contributed by atoms with van der Waals surface area (Å²) in [5, 5.41) is 0. The van der Waals surface area contributed by atoms with Gasteiger partial charge in [-0.25, -0.2) is 8.42 Å². The van der Waals surface area contributed by atoms with Crippen molar-refractivity contribution >= 4 is 21.9 Å². The number of ether oxygens (including phenoxy) is 1. The molecular weight excluding hydrogens is 356 g/mol. The second-order valence-electron chi connectivity index (χ2n) is 6.70. The first-order valence-electron chi connectivity index (χ1n) is 8.76. The van der Waals surface area contributed by atoms with Crippen molar-refractivity contribution in [2.24, 2.45) is 0 Å². The third-order valence-electron chi connectivity index (χ3n) is 4.48. The summed E-state index contributed by atoms with van der Waals surface area (Å²) in [6, 6.07) is 5.33. The minimum Gasteiger partial charge on any atom is -0.454 e. The van der Waals surface area contributed by atoms with E-state index in [1.165, 1.54) is 19.1 Å². The lowest BCUT2D eigenvalue weighted by molar-refractivity contribution is -0.154. The zero-order valence-corrected chi connectivity index (χ0v) is 16.2. The van der Waals surface area contributed by atoms with Crippen molar-refractivity contribution in [1.29, 1.82) is 0 Å². The van der Waals surface area contributed by atoms with Gasteiger partial charge >= 0.3 is 5.97 Å². The highest BCUT2D eigenvalue weighted by Gasteiger charge is 2.26. The van der Waals surface area contributed by atoms with Crippen LogP contribution in [0.25, 0.3) is 0 Å². The molecule has 1 aromatic rings. The van der Waals surface area contributed by atoms with Crippen molar-refractivity contribution in [3.05, 3.63) is 29.8 Å². The summed E-state index contributed by atoms with van der Waals surface area (Å²) in [4.78, 5) is 26.0. The standard InChI is InChI=1S/C18H26N2O5S/c1-13-7-9-16(10-8-13)26(23,24)19-15(3)18(22)25-12-17(21)20-11-5-4-6-14(20)2/h7-10,14-15,19H,4-6,11-12H2,1-3H3/t14?,15-/m0/s1. The van der Waals surface area contributed by atoms with Crippen LogP contribution in [0.15, 0.2) is 29.2 Å². The third kappa shape index (κ3) is 5.28. The summed E-state index contributed by atoms with van der Waals surface area (Å²) in [7, 11) is -3.84. The van der Waals surface area contributed by atoms with Gasteiger partial charge in [-0.15, -0.1) is 0 Å². The van der Waals surface area contributed by atoms with Crippen molar-refractivity contribution in [3.63, 3.8) is 0 Å². The number of amides is 1. The molecule has 26 heavy (non-hydrogen) atoms. The number of likely N-dealkylation sites (tertiary alicyclic amines) is 1. The first kappa shape index (κ1) is 20.4. The average Bonchev–Trinajstić information content (AvgIpc) is 2.59. The maximum Gasteiger partial charge on any atom is 0.324 e. The molecule has 0 radical (unpaired) electrons. The minimum atomic E-state index is -3.84. The Hall–Kier alpha value is -1.93. The molecule has 2 rings (SSSR count). The molecule has 1 N–H and O–H groups in total. The number of nitrogens with one attached hydrogen (secondary N) is 1. The SMILES string of the molecule is Cc1ccc(S(=O)(=O)N[C@@H](C)C(=O)OCC(=O)N2CCCCC2C)cc1. The summed E-state index contributed by atoms with van der Waals surface area (Å²) < 4.78 is 31.9. The minimum absolute atomic E-state index is 0.0703. The number of aryl methyl sites for hydroxylation is 1. The Morgan fingerprint density at radius 1 is 1.27 bits per heavy atom. The van der Waals surface area contributed by atoms with Gasteiger partial charge < -0.3 is 9.64 Å². The van der Waals surface area contributed by atoms with E-state index in [9.17, 15) is 18.0 Å². The van der Waals surface area contributed by atoms with E-state index in [2.05, 4.69) is 4.72 Å². The highest BCUT2D eigenvalue weighted by molar-refractivity contribution is 7.89. The van der Waals surface area contributed by atoms with E-state index >= 15 is 0 Å². The van der Waals surface area contributed by atoms with Gasteiger partial charge in [0.05, 0.1) is 4.90 Å². The van der Waals surface area contributed by atoms with Gasteiger partial charge in [-0.3, -0.25) is 9.59 Å². The zero-order chi connectivity index (χ0) is 19.3. The van der Waals surface area contributed by atoms with Crippen molar-refractivity contribution in [2.75, 3.05) is 13.2 Å². The van der Waals surface area contributed by atoms with Crippen LogP contribution in [0.2, 0.25) is 0 Å². The van der Waals surface area contributed by atoms with Crippen LogP contribution in [0.3, 0.4) is 0 Å². The number of sulfonamides is 1. The van der Waals surface area contributed by atoms with E-state index in [1.54, 1.807) is 17.0 Å². The molecule has 0 spiro atoms. The van der Waals surface area contributed by atoms with Crippen LogP contribution < -0.4 is 4.72 Å². The van der Waals surface area contributed by atoms with Crippen LogP contribution >= 0.6 is 0 Å². The van der Waals surface area contributed by atoms with Crippen LogP contribution in [0.5, 0.6) is 0 Å². The van der Waals surface area contributed by atoms with E-state index in [1.807, 2.05) is 13.8 Å². The van der Waals surface area contributed by atoms with Gasteiger partial charge in [0.1, 0.15) is 6.04 Å². The number of hydrogen-bond donors (Lipinski definition) is 1. The van der Waals surface area contributed by atoms with Gasteiger partial charge in [-0.1, -0.05) is 17.7 Å². The molecule has 7 nitrogen and oxygen atoms in total. The first-order valence-corrected chi connectivity index (χ1v) is 10.2. The maximum atomic E-state index is 12.3. The molecule has 1 aliphatic heterocycles. The van der Waals surface area contributed by atoms with Crippen LogP contribution in [0.1, 0.15) is 38.7 Å². The number of benzene rings is 1. The van der Waals surface area contributed by atoms with E-state index < -0.39 is 22.0 Å². The molecule has 1 aliphatic rings. The fourth-order valence-electron chi connectivity index (χ4n) is 2.88. The van der Waals surface area contributed by atoms with E-state index in [-0.39, 0.29) is 23.5 Å². The molecule has 0 aromatic heterocycles. The zero-order valence-electron chi connectivity index (χ0n) is 15.4. The number of carbonyl (C=O) groups is 2. The normalized spacial score (nSPS) is 19.0. The second-order valence-corrected chi connectivity index (χ2v) is 8.41. The number of piperidine rings is 1. The third-order valence-corrected chi connectivity index (χ3v) is 6.03. The van der Waals surface area contributed by atoms with Gasteiger partial charge in [0.2, 0.25) is 10.0 Å². The number of hydrogen-bond acceptors (Lipinski definition) is 5. The number of carbonyl (C=O) groups excluding carboxylic acids is 2. The summed E-state index contributed by atoms with van der Waals surface area (Å²) in [5.74, 6) is -1.03. The molecule has 1 heterocycles. The molecule has 144 valence electrons. The van der Waals surface area contributed by atoms with E-state index in [0.717, 1.165) is 24.8 Å². The lowest BCUT2D eigenvalue weighted by Crippen LogP contribution is -2.45. The molecule has 0 bridgehead atoms. The highest BCUT2D eigenvalue weighted by atomic mass is 32.2. The van der Waals surface area contributed by atoms with E-state index in [0.29, 0.717) is 6.54 Å². The molecule has 1 saturated heterocycles. The Kier molecular flexibility index (Phi) is 6.77. The number of nitrogens with zero attached hydrogens (tertiary/aromatic N) is 1. The molecule has 1 fully saturated rings. The summed E-state index contributed by atoms with van der Waals surface area (Å²) in [5.41, 5.74) is 0.932. The summed E-state index contributed by atoms with van der Waals surface area (Å²) in [6.45, 7) is 5.50. The molecule has 0 aliphatic carbocycles. The Morgan fingerprint density at radius 3 is 2.54 bits per heavy atom. The predicted molar refractivity (Wildman–Crippen MR) is 96.9 cm³/mol. The summed E-state index contributed by atoms with van der Waals surface area (Å²) in [6.07, 6.45) is 2.96. The Balaban J connectivity index is 1.88. The average molecular weight is 382 g/mol. The molecule has 2 atom stereocenters. The second kappa shape index (κ2) is 8.64. The van der Waals surface area contributed by atoms with Crippen molar-refractivity contribution in [3.8, 4) is 0 Å². The lowest BCUT2D eigenvalue weighted by atomic mass is 10.0. The van der Waals surface area contributed by atoms with E-state index in [4.69, 9.17) is 4.74 Å². The predicted octanol–water partition coefficient (Wildman–Crippen LogP) is 1.61. The number of rotatable bonds is 6. The largest absolute Gasteiger partial charge is 0.454 e. The fourth-order valence-corrected chi connectivity index (χ4v) is 4.07. The van der Waals surface area contributed by atoms with Gasteiger partial charge in [-0.05, 0) is 52.2 Å². The first-order chi connectivity index (χ1) is 12.2. The fraction of sp³-hybridized carbons (Fsp3) is 0.556. The molecule has 8 heteroatoms. The topological polar surface area (TPSA) is 92.8 Å². The molecule has 1 amide bonds. The Labute approximate surface area is 154 Å². The van der Waals surface area contributed by atoms with Gasteiger partial charge in [0, 0.05) is 12.6 Å². The van der Waals surface area contributed by atoms with Crippen molar-refractivity contribution < 1.29 is 22.7 Å². The molecular formula is C18H26N2O5S.